The van der Waals surface area contributed by atoms with Crippen LogP contribution in [0.2, 0.25) is 0 Å². The zero-order valence-electron chi connectivity index (χ0n) is 15.8. The Bertz CT molecular complexity index is 652. The molecule has 0 bridgehead atoms. The second kappa shape index (κ2) is 9.89. The minimum Gasteiger partial charge on any atom is -0.378 e. The molecule has 1 aromatic rings. The Kier molecular flexibility index (Phi) is 7.85. The van der Waals surface area contributed by atoms with E-state index >= 15 is 0 Å². The molecule has 1 fully saturated rings. The van der Waals surface area contributed by atoms with Crippen molar-refractivity contribution in [1.82, 2.24) is 24.3 Å². The second-order valence-corrected chi connectivity index (χ2v) is 8.45. The third-order valence-electron chi connectivity index (χ3n) is 4.12. The molecule has 0 amide bonds. The van der Waals surface area contributed by atoms with E-state index in [1.54, 1.807) is 17.5 Å². The summed E-state index contributed by atoms with van der Waals surface area (Å²) in [5.41, 5.74) is 0. The summed E-state index contributed by atoms with van der Waals surface area (Å²) in [6, 6.07) is 1.89. The molecule has 2 heterocycles. The molecule has 1 aliphatic heterocycles. The Balaban J connectivity index is 1.76. The van der Waals surface area contributed by atoms with E-state index in [1.165, 1.54) is 0 Å². The molecular formula is C16H30N6O3S. The van der Waals surface area contributed by atoms with Crippen LogP contribution in [0.25, 0.3) is 0 Å². The van der Waals surface area contributed by atoms with Gasteiger partial charge in [-0.1, -0.05) is 0 Å². The highest BCUT2D eigenvalue weighted by atomic mass is 32.2. The fraction of sp³-hybridized carbons (Fsp3) is 0.750. The first-order chi connectivity index (χ1) is 12.4. The zero-order valence-corrected chi connectivity index (χ0v) is 16.7. The van der Waals surface area contributed by atoms with E-state index in [0.717, 1.165) is 12.5 Å². The maximum atomic E-state index is 12.4. The highest BCUT2D eigenvalue weighted by Gasteiger charge is 2.27. The van der Waals surface area contributed by atoms with E-state index in [1.807, 2.05) is 30.8 Å². The molecule has 26 heavy (non-hydrogen) atoms. The summed E-state index contributed by atoms with van der Waals surface area (Å²) in [5.74, 6) is 0.819. The summed E-state index contributed by atoms with van der Waals surface area (Å²) >= 11 is 0. The maximum Gasteiger partial charge on any atom is 0.216 e. The fourth-order valence-corrected chi connectivity index (χ4v) is 4.03. The lowest BCUT2D eigenvalue weighted by molar-refractivity contribution is 0.0904. The van der Waals surface area contributed by atoms with Crippen molar-refractivity contribution in [2.24, 2.45) is 4.99 Å². The van der Waals surface area contributed by atoms with Crippen LogP contribution in [-0.4, -0.2) is 91.6 Å². The van der Waals surface area contributed by atoms with Crippen LogP contribution >= 0.6 is 0 Å². The third-order valence-corrected chi connectivity index (χ3v) is 5.95. The van der Waals surface area contributed by atoms with Gasteiger partial charge >= 0.3 is 0 Å². The Morgan fingerprint density at radius 2 is 2.04 bits per heavy atom. The molecule has 0 radical (unpaired) electrons. The number of rotatable bonds is 8. The number of ether oxygens (including phenoxy) is 1. The van der Waals surface area contributed by atoms with E-state index < -0.39 is 10.0 Å². The number of sulfonamides is 1. The van der Waals surface area contributed by atoms with Crippen molar-refractivity contribution in [3.63, 3.8) is 0 Å². The van der Waals surface area contributed by atoms with Gasteiger partial charge in [-0.3, -0.25) is 9.67 Å². The quantitative estimate of drug-likeness (QED) is 0.493. The normalized spacial score (nSPS) is 17.1. The van der Waals surface area contributed by atoms with Crippen LogP contribution in [-0.2, 0) is 21.3 Å². The van der Waals surface area contributed by atoms with Gasteiger partial charge in [0.15, 0.2) is 5.96 Å². The van der Waals surface area contributed by atoms with Crippen LogP contribution in [0.1, 0.15) is 13.8 Å². The molecule has 148 valence electrons. The van der Waals surface area contributed by atoms with Crippen molar-refractivity contribution in [3.8, 4) is 0 Å². The van der Waals surface area contributed by atoms with Gasteiger partial charge in [-0.05, 0) is 19.9 Å². The predicted octanol–water partition coefficient (Wildman–Crippen LogP) is -0.169. The topological polar surface area (TPSA) is 92.1 Å². The first kappa shape index (κ1) is 20.7. The lowest BCUT2D eigenvalue weighted by Crippen LogP contribution is -2.54. The van der Waals surface area contributed by atoms with Crippen LogP contribution in [0, 0.1) is 0 Å². The van der Waals surface area contributed by atoms with Gasteiger partial charge in [0, 0.05) is 52.2 Å². The SMILES string of the molecule is CN=C(NCCn1cccn1)N1CCN(S(=O)(=O)CCOC(C)C)CC1. The van der Waals surface area contributed by atoms with Crippen molar-refractivity contribution in [2.75, 3.05) is 52.1 Å². The first-order valence-corrected chi connectivity index (χ1v) is 10.6. The van der Waals surface area contributed by atoms with Crippen LogP contribution in [0.5, 0.6) is 0 Å². The number of nitrogens with one attached hydrogen (secondary N) is 1. The molecule has 1 N–H and O–H groups in total. The van der Waals surface area contributed by atoms with Gasteiger partial charge in [0.1, 0.15) is 0 Å². The average molecular weight is 387 g/mol. The molecule has 0 saturated carbocycles. The maximum absolute atomic E-state index is 12.4. The standard InChI is InChI=1S/C16H30N6O3S/c1-15(2)25-13-14-26(23,24)22-11-9-20(10-12-22)16(17-3)18-6-8-21-7-4-5-19-21/h4-5,7,15H,6,8-14H2,1-3H3,(H,17,18). The van der Waals surface area contributed by atoms with E-state index in [9.17, 15) is 8.42 Å². The van der Waals surface area contributed by atoms with Crippen LogP contribution in [0.15, 0.2) is 23.5 Å². The minimum absolute atomic E-state index is 0.0298. The highest BCUT2D eigenvalue weighted by molar-refractivity contribution is 7.89. The van der Waals surface area contributed by atoms with Crippen molar-refractivity contribution in [2.45, 2.75) is 26.5 Å². The third kappa shape index (κ3) is 6.26. The van der Waals surface area contributed by atoms with Crippen LogP contribution < -0.4 is 5.32 Å². The van der Waals surface area contributed by atoms with Gasteiger partial charge in [-0.2, -0.15) is 9.40 Å². The number of guanidine groups is 1. The van der Waals surface area contributed by atoms with Gasteiger partial charge in [0.05, 0.1) is 25.0 Å². The predicted molar refractivity (Wildman–Crippen MR) is 102 cm³/mol. The van der Waals surface area contributed by atoms with Gasteiger partial charge in [-0.25, -0.2) is 8.42 Å². The van der Waals surface area contributed by atoms with Gasteiger partial charge in [0.2, 0.25) is 10.0 Å². The van der Waals surface area contributed by atoms with Crippen molar-refractivity contribution in [1.29, 1.82) is 0 Å². The second-order valence-electron chi connectivity index (χ2n) is 6.36. The lowest BCUT2D eigenvalue weighted by Gasteiger charge is -2.35. The molecule has 1 aliphatic rings. The summed E-state index contributed by atoms with van der Waals surface area (Å²) in [4.78, 5) is 6.38. The van der Waals surface area contributed by atoms with Crippen LogP contribution in [0.4, 0.5) is 0 Å². The number of aromatic nitrogens is 2. The van der Waals surface area contributed by atoms with E-state index in [-0.39, 0.29) is 18.5 Å². The van der Waals surface area contributed by atoms with Gasteiger partial charge < -0.3 is 15.0 Å². The Labute approximate surface area is 156 Å². The smallest absolute Gasteiger partial charge is 0.216 e. The number of nitrogens with zero attached hydrogens (tertiary/aromatic N) is 5. The molecule has 2 rings (SSSR count). The lowest BCUT2D eigenvalue weighted by atomic mass is 10.4. The Morgan fingerprint density at radius 1 is 1.31 bits per heavy atom. The number of piperazine rings is 1. The summed E-state index contributed by atoms with van der Waals surface area (Å²) < 4.78 is 33.5. The summed E-state index contributed by atoms with van der Waals surface area (Å²) in [5, 5.41) is 7.47. The van der Waals surface area contributed by atoms with Crippen molar-refractivity contribution in [3.05, 3.63) is 18.5 Å². The molecule has 1 aromatic heterocycles. The fourth-order valence-electron chi connectivity index (χ4n) is 2.74. The monoisotopic (exact) mass is 386 g/mol. The Morgan fingerprint density at radius 3 is 2.62 bits per heavy atom. The number of hydrogen-bond acceptors (Lipinski definition) is 5. The van der Waals surface area contributed by atoms with E-state index in [2.05, 4.69) is 20.3 Å². The average Bonchev–Trinajstić information content (AvgIpc) is 3.12. The molecule has 0 aliphatic carbocycles. The Hall–Kier alpha value is -1.65. The van der Waals surface area contributed by atoms with Gasteiger partial charge in [0.25, 0.3) is 0 Å². The van der Waals surface area contributed by atoms with E-state index in [0.29, 0.717) is 32.7 Å². The largest absolute Gasteiger partial charge is 0.378 e. The molecule has 1 saturated heterocycles. The minimum atomic E-state index is -3.27. The summed E-state index contributed by atoms with van der Waals surface area (Å²) in [6.45, 7) is 7.64. The molecule has 0 spiro atoms. The molecule has 0 unspecified atom stereocenters. The molecule has 9 nitrogen and oxygen atoms in total. The zero-order chi connectivity index (χ0) is 19.0. The number of hydrogen-bond donors (Lipinski definition) is 1. The van der Waals surface area contributed by atoms with Crippen LogP contribution in [0.3, 0.4) is 0 Å². The molecule has 10 heteroatoms. The van der Waals surface area contributed by atoms with Crippen molar-refractivity contribution >= 4 is 16.0 Å². The molecule has 0 aromatic carbocycles. The highest BCUT2D eigenvalue weighted by Crippen LogP contribution is 2.09. The summed E-state index contributed by atoms with van der Waals surface area (Å²) in [6.07, 6.45) is 3.70. The first-order valence-electron chi connectivity index (χ1n) is 8.95. The summed E-state index contributed by atoms with van der Waals surface area (Å²) in [7, 11) is -1.53. The number of aliphatic imine (C=N–C) groups is 1. The molecular weight excluding hydrogens is 356 g/mol. The molecule has 0 atom stereocenters. The van der Waals surface area contributed by atoms with Crippen molar-refractivity contribution < 1.29 is 13.2 Å². The van der Waals surface area contributed by atoms with Gasteiger partial charge in [-0.15, -0.1) is 0 Å². The van der Waals surface area contributed by atoms with E-state index in [4.69, 9.17) is 4.74 Å².